The van der Waals surface area contributed by atoms with Crippen molar-refractivity contribution in [2.45, 2.75) is 26.7 Å². The molecule has 0 aliphatic rings. The number of hydrogen-bond acceptors (Lipinski definition) is 2. The molecule has 72 valence electrons. The minimum Gasteiger partial charge on any atom is -0.327 e. The van der Waals surface area contributed by atoms with Crippen molar-refractivity contribution in [1.82, 2.24) is 4.90 Å². The van der Waals surface area contributed by atoms with Crippen LogP contribution in [-0.4, -0.2) is 31.1 Å². The summed E-state index contributed by atoms with van der Waals surface area (Å²) in [4.78, 5) is 2.39. The third kappa shape index (κ3) is 5.33. The second kappa shape index (κ2) is 7.32. The summed E-state index contributed by atoms with van der Waals surface area (Å²) in [5.74, 6) is 0. The van der Waals surface area contributed by atoms with Crippen LogP contribution >= 0.6 is 0 Å². The average molecular weight is 170 g/mol. The van der Waals surface area contributed by atoms with Crippen molar-refractivity contribution in [2.75, 3.05) is 26.2 Å². The van der Waals surface area contributed by atoms with Crippen molar-refractivity contribution in [3.05, 3.63) is 12.2 Å². The van der Waals surface area contributed by atoms with E-state index in [0.717, 1.165) is 18.7 Å². The molecule has 0 atom stereocenters. The van der Waals surface area contributed by atoms with E-state index in [1.807, 2.05) is 0 Å². The molecule has 0 saturated heterocycles. The highest BCUT2D eigenvalue weighted by atomic mass is 15.1. The summed E-state index contributed by atoms with van der Waals surface area (Å²) in [7, 11) is 0. The zero-order valence-electron chi connectivity index (χ0n) is 8.47. The van der Waals surface area contributed by atoms with E-state index in [9.17, 15) is 0 Å². The van der Waals surface area contributed by atoms with Crippen LogP contribution in [0.4, 0.5) is 0 Å². The lowest BCUT2D eigenvalue weighted by atomic mass is 10.2. The van der Waals surface area contributed by atoms with Crippen molar-refractivity contribution in [1.29, 1.82) is 0 Å². The molecule has 2 heteroatoms. The standard InChI is InChI=1S/C10H22N2/c1-4-6-7-12(5-2)9-10(3)8-11/h3-9,11H2,1-2H3. The first kappa shape index (κ1) is 11.7. The van der Waals surface area contributed by atoms with Crippen LogP contribution in [0.2, 0.25) is 0 Å². The zero-order chi connectivity index (χ0) is 9.40. The van der Waals surface area contributed by atoms with E-state index in [0.29, 0.717) is 6.54 Å². The molecular formula is C10H22N2. The second-order valence-electron chi connectivity index (χ2n) is 3.18. The van der Waals surface area contributed by atoms with Crippen molar-refractivity contribution < 1.29 is 0 Å². The molecule has 12 heavy (non-hydrogen) atoms. The molecule has 0 heterocycles. The van der Waals surface area contributed by atoms with Crippen LogP contribution in [0.15, 0.2) is 12.2 Å². The number of unbranched alkanes of at least 4 members (excludes halogenated alkanes) is 1. The van der Waals surface area contributed by atoms with E-state index in [1.54, 1.807) is 0 Å². The van der Waals surface area contributed by atoms with Gasteiger partial charge < -0.3 is 5.73 Å². The number of likely N-dealkylation sites (N-methyl/N-ethyl adjacent to an activating group) is 1. The first-order valence-corrected chi connectivity index (χ1v) is 4.83. The molecule has 0 spiro atoms. The van der Waals surface area contributed by atoms with Crippen molar-refractivity contribution in [3.8, 4) is 0 Å². The lowest BCUT2D eigenvalue weighted by Crippen LogP contribution is -2.28. The SMILES string of the molecule is C=C(CN)CN(CC)CCCC. The van der Waals surface area contributed by atoms with E-state index < -0.39 is 0 Å². The Bertz CT molecular complexity index is 121. The predicted octanol–water partition coefficient (Wildman–Crippen LogP) is 1.62. The number of nitrogens with zero attached hydrogens (tertiary/aromatic N) is 1. The van der Waals surface area contributed by atoms with Gasteiger partial charge >= 0.3 is 0 Å². The van der Waals surface area contributed by atoms with E-state index >= 15 is 0 Å². The van der Waals surface area contributed by atoms with Gasteiger partial charge in [0.1, 0.15) is 0 Å². The van der Waals surface area contributed by atoms with Crippen LogP contribution < -0.4 is 5.73 Å². The zero-order valence-corrected chi connectivity index (χ0v) is 8.47. The number of rotatable bonds is 7. The fourth-order valence-electron chi connectivity index (χ4n) is 1.11. The van der Waals surface area contributed by atoms with Gasteiger partial charge in [0.25, 0.3) is 0 Å². The summed E-state index contributed by atoms with van der Waals surface area (Å²) in [6.07, 6.45) is 2.53. The van der Waals surface area contributed by atoms with Gasteiger partial charge in [0.15, 0.2) is 0 Å². The molecule has 0 aliphatic carbocycles. The molecule has 0 amide bonds. The Morgan fingerprint density at radius 2 is 2.08 bits per heavy atom. The average Bonchev–Trinajstić information content (AvgIpc) is 2.11. The summed E-state index contributed by atoms with van der Waals surface area (Å²) in [6.45, 7) is 12.1. The third-order valence-corrected chi connectivity index (χ3v) is 2.01. The second-order valence-corrected chi connectivity index (χ2v) is 3.18. The number of hydrogen-bond donors (Lipinski definition) is 1. The highest BCUT2D eigenvalue weighted by Gasteiger charge is 2.01. The van der Waals surface area contributed by atoms with Crippen molar-refractivity contribution in [2.24, 2.45) is 5.73 Å². The summed E-state index contributed by atoms with van der Waals surface area (Å²) < 4.78 is 0. The molecule has 0 aromatic rings. The van der Waals surface area contributed by atoms with Gasteiger partial charge in [0.05, 0.1) is 0 Å². The normalized spacial score (nSPS) is 10.7. The molecule has 0 radical (unpaired) electrons. The highest BCUT2D eigenvalue weighted by Crippen LogP contribution is 1.98. The third-order valence-electron chi connectivity index (χ3n) is 2.01. The van der Waals surface area contributed by atoms with Gasteiger partial charge in [0, 0.05) is 13.1 Å². The first-order valence-electron chi connectivity index (χ1n) is 4.83. The summed E-state index contributed by atoms with van der Waals surface area (Å²) in [6, 6.07) is 0. The largest absolute Gasteiger partial charge is 0.327 e. The smallest absolute Gasteiger partial charge is 0.0202 e. The first-order chi connectivity index (χ1) is 5.74. The summed E-state index contributed by atoms with van der Waals surface area (Å²) in [5, 5.41) is 0. The van der Waals surface area contributed by atoms with Crippen molar-refractivity contribution >= 4 is 0 Å². The Morgan fingerprint density at radius 3 is 2.50 bits per heavy atom. The Morgan fingerprint density at radius 1 is 1.42 bits per heavy atom. The van der Waals surface area contributed by atoms with E-state index in [4.69, 9.17) is 5.73 Å². The van der Waals surface area contributed by atoms with Gasteiger partial charge in [-0.05, 0) is 25.1 Å². The monoisotopic (exact) mass is 170 g/mol. The van der Waals surface area contributed by atoms with Crippen LogP contribution in [0.25, 0.3) is 0 Å². The number of nitrogens with two attached hydrogens (primary N) is 1. The Kier molecular flexibility index (Phi) is 7.11. The molecule has 0 saturated carbocycles. The Labute approximate surface area is 76.4 Å². The molecule has 0 aromatic heterocycles. The highest BCUT2D eigenvalue weighted by molar-refractivity contribution is 4.98. The molecule has 0 unspecified atom stereocenters. The lowest BCUT2D eigenvalue weighted by molar-refractivity contribution is 0.306. The van der Waals surface area contributed by atoms with E-state index in [1.165, 1.54) is 19.4 Å². The van der Waals surface area contributed by atoms with Crippen LogP contribution in [-0.2, 0) is 0 Å². The summed E-state index contributed by atoms with van der Waals surface area (Å²) in [5.41, 5.74) is 6.61. The molecule has 0 aromatic carbocycles. The summed E-state index contributed by atoms with van der Waals surface area (Å²) >= 11 is 0. The quantitative estimate of drug-likeness (QED) is 0.588. The van der Waals surface area contributed by atoms with Gasteiger partial charge in [-0.25, -0.2) is 0 Å². The maximum atomic E-state index is 5.48. The van der Waals surface area contributed by atoms with Crippen LogP contribution in [0, 0.1) is 0 Å². The van der Waals surface area contributed by atoms with Gasteiger partial charge in [0.2, 0.25) is 0 Å². The van der Waals surface area contributed by atoms with Gasteiger partial charge in [-0.2, -0.15) is 0 Å². The van der Waals surface area contributed by atoms with Crippen LogP contribution in [0.3, 0.4) is 0 Å². The van der Waals surface area contributed by atoms with E-state index in [2.05, 4.69) is 25.3 Å². The fraction of sp³-hybridized carbons (Fsp3) is 0.800. The molecule has 0 fully saturated rings. The van der Waals surface area contributed by atoms with Gasteiger partial charge in [-0.3, -0.25) is 4.90 Å². The predicted molar refractivity (Wildman–Crippen MR) is 55.2 cm³/mol. The van der Waals surface area contributed by atoms with Crippen LogP contribution in [0.5, 0.6) is 0 Å². The maximum absolute atomic E-state index is 5.48. The molecule has 0 rings (SSSR count). The Hall–Kier alpha value is -0.340. The lowest BCUT2D eigenvalue weighted by Gasteiger charge is -2.20. The minimum atomic E-state index is 0.614. The molecule has 0 bridgehead atoms. The molecule has 2 N–H and O–H groups in total. The maximum Gasteiger partial charge on any atom is 0.0202 e. The molecule has 2 nitrogen and oxygen atoms in total. The van der Waals surface area contributed by atoms with Crippen molar-refractivity contribution in [3.63, 3.8) is 0 Å². The molecule has 0 aliphatic heterocycles. The van der Waals surface area contributed by atoms with Gasteiger partial charge in [-0.15, -0.1) is 0 Å². The molecular weight excluding hydrogens is 148 g/mol. The van der Waals surface area contributed by atoms with Gasteiger partial charge in [-0.1, -0.05) is 26.8 Å². The van der Waals surface area contributed by atoms with Crippen LogP contribution in [0.1, 0.15) is 26.7 Å². The van der Waals surface area contributed by atoms with E-state index in [-0.39, 0.29) is 0 Å². The minimum absolute atomic E-state index is 0.614. The fourth-order valence-corrected chi connectivity index (χ4v) is 1.11. The Balaban J connectivity index is 3.59. The topological polar surface area (TPSA) is 29.3 Å².